The molecule has 0 fully saturated rings. The van der Waals surface area contributed by atoms with Gasteiger partial charge >= 0.3 is 0 Å². The molecule has 1 atom stereocenters. The minimum atomic E-state index is 0.377. The van der Waals surface area contributed by atoms with Gasteiger partial charge in [0.1, 0.15) is 0 Å². The number of benzene rings is 1. The minimum absolute atomic E-state index is 0.377. The van der Waals surface area contributed by atoms with E-state index in [1.807, 2.05) is 37.0 Å². The van der Waals surface area contributed by atoms with Crippen molar-refractivity contribution in [2.24, 2.45) is 0 Å². The number of aromatic nitrogens is 1. The first-order chi connectivity index (χ1) is 8.69. The van der Waals surface area contributed by atoms with Gasteiger partial charge < -0.3 is 5.32 Å². The van der Waals surface area contributed by atoms with Gasteiger partial charge in [0.15, 0.2) is 0 Å². The van der Waals surface area contributed by atoms with Crippen molar-refractivity contribution >= 4 is 34.5 Å². The van der Waals surface area contributed by atoms with E-state index in [0.717, 1.165) is 12.8 Å². The Bertz CT molecular complexity index is 500. The molecule has 2 nitrogen and oxygen atoms in total. The zero-order chi connectivity index (χ0) is 13.0. The highest BCUT2D eigenvalue weighted by atomic mass is 35.5. The maximum Gasteiger partial charge on any atom is 0.0794 e. The van der Waals surface area contributed by atoms with E-state index in [1.165, 1.54) is 10.4 Å². The summed E-state index contributed by atoms with van der Waals surface area (Å²) in [4.78, 5) is 5.38. The van der Waals surface area contributed by atoms with E-state index in [0.29, 0.717) is 16.1 Å². The maximum atomic E-state index is 6.02. The van der Waals surface area contributed by atoms with Gasteiger partial charge in [-0.1, -0.05) is 29.3 Å². The molecular formula is C13H14Cl2N2S. The Balaban J connectivity index is 2.03. The highest BCUT2D eigenvalue weighted by Gasteiger charge is 2.10. The van der Waals surface area contributed by atoms with Gasteiger partial charge in [0, 0.05) is 17.1 Å². The lowest BCUT2D eigenvalue weighted by molar-refractivity contribution is 0.560. The molecule has 0 bridgehead atoms. The summed E-state index contributed by atoms with van der Waals surface area (Å²) in [6.45, 7) is 0. The number of halogens is 2. The van der Waals surface area contributed by atoms with Gasteiger partial charge in [0.05, 0.1) is 15.6 Å². The van der Waals surface area contributed by atoms with Crippen LogP contribution in [0.1, 0.15) is 10.4 Å². The topological polar surface area (TPSA) is 24.9 Å². The average molecular weight is 301 g/mol. The van der Waals surface area contributed by atoms with Crippen LogP contribution < -0.4 is 5.32 Å². The van der Waals surface area contributed by atoms with Crippen molar-refractivity contribution in [3.63, 3.8) is 0 Å². The first kappa shape index (κ1) is 13.8. The van der Waals surface area contributed by atoms with Gasteiger partial charge in [-0.15, -0.1) is 11.3 Å². The van der Waals surface area contributed by atoms with E-state index in [1.54, 1.807) is 11.3 Å². The van der Waals surface area contributed by atoms with Crippen molar-refractivity contribution < 1.29 is 0 Å². The smallest absolute Gasteiger partial charge is 0.0794 e. The summed E-state index contributed by atoms with van der Waals surface area (Å²) in [6.07, 6.45) is 3.82. The van der Waals surface area contributed by atoms with Crippen LogP contribution in [-0.2, 0) is 12.8 Å². The zero-order valence-corrected chi connectivity index (χ0v) is 12.3. The molecule has 1 unspecified atom stereocenters. The number of rotatable bonds is 5. The fraction of sp³-hybridized carbons (Fsp3) is 0.308. The number of thiazole rings is 1. The van der Waals surface area contributed by atoms with Crippen molar-refractivity contribution in [1.29, 1.82) is 0 Å². The van der Waals surface area contributed by atoms with E-state index in [-0.39, 0.29) is 0 Å². The number of hydrogen-bond acceptors (Lipinski definition) is 3. The van der Waals surface area contributed by atoms with Crippen LogP contribution in [0.3, 0.4) is 0 Å². The van der Waals surface area contributed by atoms with Crippen molar-refractivity contribution in [2.45, 2.75) is 18.9 Å². The quantitative estimate of drug-likeness (QED) is 0.908. The van der Waals surface area contributed by atoms with Crippen molar-refractivity contribution in [1.82, 2.24) is 10.3 Å². The third kappa shape index (κ3) is 3.69. The second kappa shape index (κ2) is 6.53. The lowest BCUT2D eigenvalue weighted by Gasteiger charge is -2.15. The van der Waals surface area contributed by atoms with E-state index >= 15 is 0 Å². The second-order valence-electron chi connectivity index (χ2n) is 4.11. The van der Waals surface area contributed by atoms with Gasteiger partial charge in [-0.3, -0.25) is 4.98 Å². The molecule has 0 aliphatic heterocycles. The summed E-state index contributed by atoms with van der Waals surface area (Å²) >= 11 is 13.6. The van der Waals surface area contributed by atoms with Crippen molar-refractivity contribution in [3.05, 3.63) is 50.4 Å². The molecule has 18 heavy (non-hydrogen) atoms. The highest BCUT2D eigenvalue weighted by Crippen LogP contribution is 2.23. The van der Waals surface area contributed by atoms with Crippen LogP contribution in [0.25, 0.3) is 0 Å². The first-order valence-corrected chi connectivity index (χ1v) is 7.31. The Labute approximate surface area is 121 Å². The van der Waals surface area contributed by atoms with Crippen LogP contribution in [0, 0.1) is 0 Å². The van der Waals surface area contributed by atoms with E-state index in [4.69, 9.17) is 23.2 Å². The SMILES string of the molecule is CNC(Cc1ccc(Cl)c(Cl)c1)Cc1cncs1. The molecule has 0 spiro atoms. The molecule has 1 N–H and O–H groups in total. The van der Waals surface area contributed by atoms with E-state index < -0.39 is 0 Å². The third-order valence-corrected chi connectivity index (χ3v) is 4.35. The van der Waals surface area contributed by atoms with Gasteiger partial charge in [-0.2, -0.15) is 0 Å². The fourth-order valence-corrected chi connectivity index (χ4v) is 2.81. The number of nitrogens with zero attached hydrogens (tertiary/aromatic N) is 1. The average Bonchev–Trinajstić information content (AvgIpc) is 2.86. The maximum absolute atomic E-state index is 6.02. The second-order valence-corrected chi connectivity index (χ2v) is 5.90. The molecule has 2 rings (SSSR count). The van der Waals surface area contributed by atoms with Crippen LogP contribution in [0.5, 0.6) is 0 Å². The molecule has 2 aromatic rings. The van der Waals surface area contributed by atoms with E-state index in [9.17, 15) is 0 Å². The normalized spacial score (nSPS) is 12.6. The summed E-state index contributed by atoms with van der Waals surface area (Å²) in [6, 6.07) is 6.17. The molecule has 0 saturated carbocycles. The number of likely N-dealkylation sites (N-methyl/N-ethyl adjacent to an activating group) is 1. The van der Waals surface area contributed by atoms with Crippen LogP contribution >= 0.6 is 34.5 Å². The van der Waals surface area contributed by atoms with Crippen LogP contribution in [0.2, 0.25) is 10.0 Å². The van der Waals surface area contributed by atoms with E-state index in [2.05, 4.69) is 10.3 Å². The summed E-state index contributed by atoms with van der Waals surface area (Å²) in [5.41, 5.74) is 3.05. The van der Waals surface area contributed by atoms with Gasteiger partial charge in [-0.25, -0.2) is 0 Å². The van der Waals surface area contributed by atoms with Crippen molar-refractivity contribution in [2.75, 3.05) is 7.05 Å². The first-order valence-electron chi connectivity index (χ1n) is 5.67. The van der Waals surface area contributed by atoms with Crippen LogP contribution in [0.15, 0.2) is 29.9 Å². The molecule has 0 amide bonds. The summed E-state index contributed by atoms with van der Waals surface area (Å²) < 4.78 is 0. The predicted octanol–water partition coefficient (Wildman–Crippen LogP) is 3.82. The predicted molar refractivity (Wildman–Crippen MR) is 78.8 cm³/mol. The van der Waals surface area contributed by atoms with Gasteiger partial charge in [0.2, 0.25) is 0 Å². The Morgan fingerprint density at radius 3 is 2.72 bits per heavy atom. The fourth-order valence-electron chi connectivity index (χ4n) is 1.81. The Morgan fingerprint density at radius 1 is 1.28 bits per heavy atom. The summed E-state index contributed by atoms with van der Waals surface area (Å²) in [7, 11) is 1.98. The monoisotopic (exact) mass is 300 g/mol. The molecule has 0 saturated heterocycles. The van der Waals surface area contributed by atoms with Gasteiger partial charge in [-0.05, 0) is 37.6 Å². The molecular weight excluding hydrogens is 287 g/mol. The van der Waals surface area contributed by atoms with Gasteiger partial charge in [0.25, 0.3) is 0 Å². The molecule has 0 radical (unpaired) electrons. The molecule has 0 aliphatic carbocycles. The van der Waals surface area contributed by atoms with Crippen LogP contribution in [-0.4, -0.2) is 18.1 Å². The minimum Gasteiger partial charge on any atom is -0.316 e. The third-order valence-electron chi connectivity index (χ3n) is 2.81. The van der Waals surface area contributed by atoms with Crippen molar-refractivity contribution in [3.8, 4) is 0 Å². The van der Waals surface area contributed by atoms with Crippen LogP contribution in [0.4, 0.5) is 0 Å². The molecule has 1 aromatic heterocycles. The summed E-state index contributed by atoms with van der Waals surface area (Å²) in [5, 5.41) is 4.54. The number of hydrogen-bond donors (Lipinski definition) is 1. The Kier molecular flexibility index (Phi) is 5.01. The zero-order valence-electron chi connectivity index (χ0n) is 9.99. The number of nitrogens with one attached hydrogen (secondary N) is 1. The molecule has 0 aliphatic rings. The molecule has 1 aromatic carbocycles. The highest BCUT2D eigenvalue weighted by molar-refractivity contribution is 7.09. The Morgan fingerprint density at radius 2 is 2.11 bits per heavy atom. The standard InChI is InChI=1S/C13H14Cl2N2S/c1-16-10(6-11-7-17-8-18-11)4-9-2-3-12(14)13(15)5-9/h2-3,5,7-8,10,16H,4,6H2,1H3. The molecule has 1 heterocycles. The lowest BCUT2D eigenvalue weighted by Crippen LogP contribution is -2.29. The lowest BCUT2D eigenvalue weighted by atomic mass is 10.0. The summed E-state index contributed by atoms with van der Waals surface area (Å²) in [5.74, 6) is 0. The largest absolute Gasteiger partial charge is 0.316 e. The Hall–Kier alpha value is -0.610. The molecule has 5 heteroatoms. The molecule has 96 valence electrons.